The van der Waals surface area contributed by atoms with Gasteiger partial charge in [-0.25, -0.2) is 0 Å². The summed E-state index contributed by atoms with van der Waals surface area (Å²) in [6.45, 7) is 0. The third-order valence-electron chi connectivity index (χ3n) is 3.54. The highest BCUT2D eigenvalue weighted by Gasteiger charge is 2.70. The van der Waals surface area contributed by atoms with Gasteiger partial charge in [-0.2, -0.15) is 0 Å². The topological polar surface area (TPSA) is 74.6 Å². The fraction of sp³-hybridized carbons (Fsp3) is 0.600. The molecule has 4 atom stereocenters. The smallest absolute Gasteiger partial charge is 0.327 e. The van der Waals surface area contributed by atoms with Crippen molar-refractivity contribution in [2.75, 3.05) is 0 Å². The predicted octanol–water partition coefficient (Wildman–Crippen LogP) is 1.71. The molecular formula is C10H10Cl2O4. The van der Waals surface area contributed by atoms with Crippen LogP contribution >= 0.6 is 23.2 Å². The molecule has 3 aliphatic rings. The van der Waals surface area contributed by atoms with E-state index in [1.807, 2.05) is 0 Å². The van der Waals surface area contributed by atoms with Gasteiger partial charge in [0, 0.05) is 11.8 Å². The quantitative estimate of drug-likeness (QED) is 0.588. The van der Waals surface area contributed by atoms with E-state index in [0.29, 0.717) is 12.8 Å². The molecule has 0 heterocycles. The zero-order valence-corrected chi connectivity index (χ0v) is 9.70. The van der Waals surface area contributed by atoms with Crippen molar-refractivity contribution in [3.63, 3.8) is 0 Å². The lowest BCUT2D eigenvalue weighted by atomic mass is 9.61. The van der Waals surface area contributed by atoms with Crippen molar-refractivity contribution < 1.29 is 19.8 Å². The fourth-order valence-corrected chi connectivity index (χ4v) is 3.46. The Labute approximate surface area is 102 Å². The van der Waals surface area contributed by atoms with Gasteiger partial charge in [-0.15, -0.1) is 23.2 Å². The molecule has 0 aromatic carbocycles. The second kappa shape index (κ2) is 3.37. The number of halogens is 2. The maximum Gasteiger partial charge on any atom is 0.327 e. The number of carboxylic acids is 2. The minimum atomic E-state index is -1.96. The molecule has 3 rings (SSSR count). The summed E-state index contributed by atoms with van der Waals surface area (Å²) >= 11 is 12.1. The number of carbonyl (C=O) groups is 2. The van der Waals surface area contributed by atoms with Crippen LogP contribution in [-0.2, 0) is 9.59 Å². The zero-order valence-electron chi connectivity index (χ0n) is 8.19. The molecule has 16 heavy (non-hydrogen) atoms. The third kappa shape index (κ3) is 1.12. The molecule has 0 amide bonds. The highest BCUT2D eigenvalue weighted by Crippen LogP contribution is 2.57. The van der Waals surface area contributed by atoms with E-state index in [0.717, 1.165) is 0 Å². The second-order valence-corrected chi connectivity index (χ2v) is 5.40. The number of fused-ring (bicyclic) bond motifs is 2. The SMILES string of the molecule is O=C(O)C1(Cl)C2C=CC(CC2)C1(Cl)C(=O)O. The first-order valence-corrected chi connectivity index (χ1v) is 5.63. The van der Waals surface area contributed by atoms with E-state index < -0.39 is 33.5 Å². The molecule has 3 aliphatic carbocycles. The summed E-state index contributed by atoms with van der Waals surface area (Å²) in [6, 6.07) is 0. The van der Waals surface area contributed by atoms with Crippen LogP contribution in [0.5, 0.6) is 0 Å². The molecular weight excluding hydrogens is 255 g/mol. The lowest BCUT2D eigenvalue weighted by Gasteiger charge is -2.51. The Bertz CT molecular complexity index is 358. The molecule has 0 saturated heterocycles. The van der Waals surface area contributed by atoms with Gasteiger partial charge in [0.15, 0.2) is 9.75 Å². The first kappa shape index (κ1) is 11.7. The molecule has 1 fully saturated rings. The molecule has 0 aromatic rings. The normalized spacial score (nSPS) is 45.6. The number of allylic oxidation sites excluding steroid dienone is 2. The molecule has 0 aromatic heterocycles. The number of hydrogen-bond donors (Lipinski definition) is 2. The van der Waals surface area contributed by atoms with Gasteiger partial charge in [-0.05, 0) is 12.8 Å². The number of carboxylic acid groups (broad SMARTS) is 2. The molecule has 4 unspecified atom stereocenters. The number of aliphatic carboxylic acids is 2. The van der Waals surface area contributed by atoms with Crippen molar-refractivity contribution in [2.45, 2.75) is 22.6 Å². The lowest BCUT2D eigenvalue weighted by Crippen LogP contribution is -2.67. The summed E-state index contributed by atoms with van der Waals surface area (Å²) in [4.78, 5) is 18.6. The van der Waals surface area contributed by atoms with E-state index in [1.165, 1.54) is 0 Å². The summed E-state index contributed by atoms with van der Waals surface area (Å²) in [5, 5.41) is 18.4. The summed E-state index contributed by atoms with van der Waals surface area (Å²) in [5.74, 6) is -3.81. The Kier molecular flexibility index (Phi) is 2.48. The standard InChI is InChI=1S/C10H10Cl2O4/c11-9(7(13)14)5-1-2-6(4-3-5)10(9,12)8(15)16/h1-2,5-6H,3-4H2,(H,13,14)(H,15,16). The summed E-state index contributed by atoms with van der Waals surface area (Å²) in [5.41, 5.74) is 0. The molecule has 0 aliphatic heterocycles. The van der Waals surface area contributed by atoms with Crippen LogP contribution in [0.25, 0.3) is 0 Å². The van der Waals surface area contributed by atoms with E-state index in [1.54, 1.807) is 12.2 Å². The first-order chi connectivity index (χ1) is 7.35. The van der Waals surface area contributed by atoms with Crippen LogP contribution in [0.15, 0.2) is 12.2 Å². The van der Waals surface area contributed by atoms with Crippen LogP contribution in [0, 0.1) is 11.8 Å². The maximum absolute atomic E-state index is 11.3. The van der Waals surface area contributed by atoms with Gasteiger partial charge in [0.05, 0.1) is 0 Å². The zero-order chi connectivity index (χ0) is 12.1. The van der Waals surface area contributed by atoms with Gasteiger partial charge in [-0.1, -0.05) is 12.2 Å². The van der Waals surface area contributed by atoms with E-state index in [4.69, 9.17) is 23.2 Å². The highest BCUT2D eigenvalue weighted by molar-refractivity contribution is 6.48. The van der Waals surface area contributed by atoms with Crippen LogP contribution in [0.4, 0.5) is 0 Å². The number of alkyl halides is 2. The average Bonchev–Trinajstić information content (AvgIpc) is 2.25. The van der Waals surface area contributed by atoms with E-state index in [2.05, 4.69) is 0 Å². The Hall–Kier alpha value is -0.740. The second-order valence-electron chi connectivity index (χ2n) is 4.21. The highest BCUT2D eigenvalue weighted by atomic mass is 35.5. The molecule has 4 nitrogen and oxygen atoms in total. The average molecular weight is 265 g/mol. The van der Waals surface area contributed by atoms with Crippen molar-refractivity contribution in [3.8, 4) is 0 Å². The van der Waals surface area contributed by atoms with E-state index in [-0.39, 0.29) is 0 Å². The van der Waals surface area contributed by atoms with Crippen LogP contribution in [0.3, 0.4) is 0 Å². The lowest BCUT2D eigenvalue weighted by molar-refractivity contribution is -0.155. The van der Waals surface area contributed by atoms with Crippen LogP contribution in [0.1, 0.15) is 12.8 Å². The Morgan fingerprint density at radius 1 is 1.00 bits per heavy atom. The van der Waals surface area contributed by atoms with Crippen molar-refractivity contribution in [3.05, 3.63) is 12.2 Å². The number of hydrogen-bond acceptors (Lipinski definition) is 2. The van der Waals surface area contributed by atoms with Gasteiger partial charge >= 0.3 is 11.9 Å². The summed E-state index contributed by atoms with van der Waals surface area (Å²) in [7, 11) is 0. The van der Waals surface area contributed by atoms with Gasteiger partial charge in [0.1, 0.15) is 0 Å². The van der Waals surface area contributed by atoms with Crippen molar-refractivity contribution in [2.24, 2.45) is 11.8 Å². The van der Waals surface area contributed by atoms with Crippen LogP contribution in [-0.4, -0.2) is 31.9 Å². The Balaban J connectivity index is 2.61. The van der Waals surface area contributed by atoms with Crippen molar-refractivity contribution >= 4 is 35.1 Å². The fourth-order valence-electron chi connectivity index (χ4n) is 2.65. The molecule has 1 saturated carbocycles. The van der Waals surface area contributed by atoms with E-state index in [9.17, 15) is 19.8 Å². The van der Waals surface area contributed by atoms with Gasteiger partial charge in [-0.3, -0.25) is 9.59 Å². The maximum atomic E-state index is 11.3. The molecule has 0 spiro atoms. The minimum absolute atomic E-state index is 0.537. The molecule has 6 heteroatoms. The first-order valence-electron chi connectivity index (χ1n) is 4.88. The number of rotatable bonds is 2. The van der Waals surface area contributed by atoms with Crippen LogP contribution in [0.2, 0.25) is 0 Å². The largest absolute Gasteiger partial charge is 0.480 e. The van der Waals surface area contributed by atoms with Gasteiger partial charge in [0.25, 0.3) is 0 Å². The van der Waals surface area contributed by atoms with Gasteiger partial charge in [0.2, 0.25) is 0 Å². The summed E-state index contributed by atoms with van der Waals surface area (Å²) in [6.07, 6.45) is 4.44. The predicted molar refractivity (Wildman–Crippen MR) is 57.8 cm³/mol. The third-order valence-corrected chi connectivity index (χ3v) is 5.12. The minimum Gasteiger partial charge on any atom is -0.480 e. The Morgan fingerprint density at radius 3 is 1.50 bits per heavy atom. The molecule has 2 N–H and O–H groups in total. The molecule has 88 valence electrons. The van der Waals surface area contributed by atoms with E-state index >= 15 is 0 Å². The summed E-state index contributed by atoms with van der Waals surface area (Å²) < 4.78 is 0. The van der Waals surface area contributed by atoms with Crippen LogP contribution < -0.4 is 0 Å². The molecule has 2 bridgehead atoms. The monoisotopic (exact) mass is 264 g/mol. The van der Waals surface area contributed by atoms with Gasteiger partial charge < -0.3 is 10.2 Å². The van der Waals surface area contributed by atoms with Crippen molar-refractivity contribution in [1.29, 1.82) is 0 Å². The van der Waals surface area contributed by atoms with Crippen molar-refractivity contribution in [1.82, 2.24) is 0 Å². The molecule has 0 radical (unpaired) electrons. The Morgan fingerprint density at radius 2 is 1.31 bits per heavy atom.